The molecule has 0 bridgehead atoms. The van der Waals surface area contributed by atoms with Crippen LogP contribution < -0.4 is 10.1 Å². The van der Waals surface area contributed by atoms with Crippen molar-refractivity contribution < 1.29 is 14.2 Å². The van der Waals surface area contributed by atoms with Crippen LogP contribution in [0.2, 0.25) is 0 Å². The van der Waals surface area contributed by atoms with Gasteiger partial charge in [0.2, 0.25) is 11.8 Å². The first-order chi connectivity index (χ1) is 7.80. The van der Waals surface area contributed by atoms with Gasteiger partial charge in [-0.1, -0.05) is 0 Å². The number of rotatable bonds is 7. The number of nitrogens with one attached hydrogen (secondary N) is 1. The van der Waals surface area contributed by atoms with Gasteiger partial charge in [-0.05, 0) is 0 Å². The van der Waals surface area contributed by atoms with E-state index in [-0.39, 0.29) is 6.10 Å². The third-order valence-electron chi connectivity index (χ3n) is 2.01. The van der Waals surface area contributed by atoms with Gasteiger partial charge in [0.15, 0.2) is 0 Å². The maximum absolute atomic E-state index is 5.19. The third-order valence-corrected chi connectivity index (χ3v) is 2.01. The lowest BCUT2D eigenvalue weighted by molar-refractivity contribution is 0.0364. The van der Waals surface area contributed by atoms with Crippen LogP contribution in [0.5, 0.6) is 5.88 Å². The molecule has 0 aromatic carbocycles. The fourth-order valence-electron chi connectivity index (χ4n) is 1.14. The largest absolute Gasteiger partial charge is 0.481 e. The van der Waals surface area contributed by atoms with Gasteiger partial charge in [0.05, 0.1) is 19.8 Å². The maximum Gasteiger partial charge on any atom is 0.226 e. The summed E-state index contributed by atoms with van der Waals surface area (Å²) in [4.78, 5) is 8.17. The van der Waals surface area contributed by atoms with Crippen LogP contribution in [0, 0.1) is 0 Å². The summed E-state index contributed by atoms with van der Waals surface area (Å²) in [6.45, 7) is 1.10. The Balaban J connectivity index is 2.46. The summed E-state index contributed by atoms with van der Waals surface area (Å²) in [6, 6.07) is 1.69. The van der Waals surface area contributed by atoms with Crippen molar-refractivity contribution in [3.05, 3.63) is 12.3 Å². The predicted molar refractivity (Wildman–Crippen MR) is 59.7 cm³/mol. The molecule has 0 spiro atoms. The second-order valence-corrected chi connectivity index (χ2v) is 3.12. The van der Waals surface area contributed by atoms with Crippen molar-refractivity contribution in [1.29, 1.82) is 0 Å². The maximum atomic E-state index is 5.19. The Bertz CT molecular complexity index is 309. The van der Waals surface area contributed by atoms with E-state index >= 15 is 0 Å². The van der Waals surface area contributed by atoms with E-state index in [4.69, 9.17) is 14.2 Å². The molecule has 0 saturated heterocycles. The van der Waals surface area contributed by atoms with Crippen LogP contribution in [0.3, 0.4) is 0 Å². The van der Waals surface area contributed by atoms with Crippen LogP contribution in [0.4, 0.5) is 5.95 Å². The lowest BCUT2D eigenvalue weighted by Crippen LogP contribution is -2.27. The Morgan fingerprint density at radius 3 is 2.81 bits per heavy atom. The second kappa shape index (κ2) is 6.97. The normalized spacial score (nSPS) is 12.2. The minimum atomic E-state index is -0.0280. The molecule has 1 heterocycles. The van der Waals surface area contributed by atoms with Crippen LogP contribution in [-0.4, -0.2) is 50.6 Å². The SMILES string of the molecule is COCC(CNc1nccc(OC)n1)OC. The molecule has 0 aliphatic rings. The van der Waals surface area contributed by atoms with E-state index in [0.29, 0.717) is 25.0 Å². The molecule has 90 valence electrons. The van der Waals surface area contributed by atoms with Crippen LogP contribution in [0.1, 0.15) is 0 Å². The van der Waals surface area contributed by atoms with E-state index in [2.05, 4.69) is 15.3 Å². The van der Waals surface area contributed by atoms with E-state index in [9.17, 15) is 0 Å². The second-order valence-electron chi connectivity index (χ2n) is 3.12. The summed E-state index contributed by atoms with van der Waals surface area (Å²) in [7, 11) is 4.83. The molecule has 1 unspecified atom stereocenters. The first-order valence-electron chi connectivity index (χ1n) is 4.92. The van der Waals surface area contributed by atoms with Gasteiger partial charge in [-0.2, -0.15) is 4.98 Å². The molecule has 1 rings (SSSR count). The number of methoxy groups -OCH3 is 3. The third kappa shape index (κ3) is 4.00. The highest BCUT2D eigenvalue weighted by molar-refractivity contribution is 5.27. The summed E-state index contributed by atoms with van der Waals surface area (Å²) in [5, 5.41) is 3.05. The van der Waals surface area contributed by atoms with E-state index in [0.717, 1.165) is 0 Å². The highest BCUT2D eigenvalue weighted by Crippen LogP contribution is 2.07. The minimum Gasteiger partial charge on any atom is -0.481 e. The highest BCUT2D eigenvalue weighted by atomic mass is 16.5. The van der Waals surface area contributed by atoms with Crippen molar-refractivity contribution >= 4 is 5.95 Å². The van der Waals surface area contributed by atoms with Crippen LogP contribution >= 0.6 is 0 Å². The molecular formula is C10H17N3O3. The number of nitrogens with zero attached hydrogens (tertiary/aromatic N) is 2. The molecule has 0 saturated carbocycles. The van der Waals surface area contributed by atoms with Gasteiger partial charge in [-0.25, -0.2) is 4.98 Å². The quantitative estimate of drug-likeness (QED) is 0.734. The van der Waals surface area contributed by atoms with Crippen molar-refractivity contribution in [2.24, 2.45) is 0 Å². The zero-order valence-corrected chi connectivity index (χ0v) is 9.77. The fourth-order valence-corrected chi connectivity index (χ4v) is 1.14. The number of ether oxygens (including phenoxy) is 3. The van der Waals surface area contributed by atoms with Crippen LogP contribution in [-0.2, 0) is 9.47 Å². The minimum absolute atomic E-state index is 0.0280. The number of hydrogen-bond donors (Lipinski definition) is 1. The molecule has 0 fully saturated rings. The zero-order chi connectivity index (χ0) is 11.8. The molecule has 6 heteroatoms. The van der Waals surface area contributed by atoms with Gasteiger partial charge < -0.3 is 19.5 Å². The van der Waals surface area contributed by atoms with Crippen LogP contribution in [0.25, 0.3) is 0 Å². The van der Waals surface area contributed by atoms with Crippen molar-refractivity contribution in [1.82, 2.24) is 9.97 Å². The summed E-state index contributed by atoms with van der Waals surface area (Å²) in [6.07, 6.45) is 1.60. The lowest BCUT2D eigenvalue weighted by atomic mass is 10.4. The van der Waals surface area contributed by atoms with Gasteiger partial charge in [0.1, 0.15) is 0 Å². The first kappa shape index (κ1) is 12.7. The summed E-state index contributed by atoms with van der Waals surface area (Å²) in [5.74, 6) is 1.04. The summed E-state index contributed by atoms with van der Waals surface area (Å²) in [5.41, 5.74) is 0. The molecule has 0 aliphatic carbocycles. The monoisotopic (exact) mass is 227 g/mol. The number of anilines is 1. The van der Waals surface area contributed by atoms with Gasteiger partial charge in [-0.3, -0.25) is 0 Å². The Kier molecular flexibility index (Phi) is 5.52. The van der Waals surface area contributed by atoms with E-state index in [1.165, 1.54) is 0 Å². The van der Waals surface area contributed by atoms with Crippen molar-refractivity contribution in [3.8, 4) is 5.88 Å². The number of hydrogen-bond acceptors (Lipinski definition) is 6. The average molecular weight is 227 g/mol. The summed E-state index contributed by atoms with van der Waals surface area (Å²) >= 11 is 0. The molecular weight excluding hydrogens is 210 g/mol. The Labute approximate surface area is 95.0 Å². The number of aromatic nitrogens is 2. The molecule has 1 aromatic heterocycles. The van der Waals surface area contributed by atoms with Crippen molar-refractivity contribution in [2.45, 2.75) is 6.10 Å². The molecule has 6 nitrogen and oxygen atoms in total. The van der Waals surface area contributed by atoms with Gasteiger partial charge >= 0.3 is 0 Å². The Morgan fingerprint density at radius 1 is 1.38 bits per heavy atom. The first-order valence-corrected chi connectivity index (χ1v) is 4.92. The molecule has 1 atom stereocenters. The fraction of sp³-hybridized carbons (Fsp3) is 0.600. The molecule has 0 aliphatic heterocycles. The van der Waals surface area contributed by atoms with Crippen molar-refractivity contribution in [2.75, 3.05) is 39.8 Å². The molecule has 0 radical (unpaired) electrons. The van der Waals surface area contributed by atoms with Gasteiger partial charge in [0.25, 0.3) is 0 Å². The smallest absolute Gasteiger partial charge is 0.226 e. The van der Waals surface area contributed by atoms with E-state index < -0.39 is 0 Å². The molecule has 1 N–H and O–H groups in total. The zero-order valence-electron chi connectivity index (χ0n) is 9.77. The highest BCUT2D eigenvalue weighted by Gasteiger charge is 2.07. The van der Waals surface area contributed by atoms with Crippen LogP contribution in [0.15, 0.2) is 12.3 Å². The topological polar surface area (TPSA) is 65.5 Å². The molecule has 16 heavy (non-hydrogen) atoms. The average Bonchev–Trinajstić information content (AvgIpc) is 2.34. The predicted octanol–water partition coefficient (Wildman–Crippen LogP) is 0.558. The lowest BCUT2D eigenvalue weighted by Gasteiger charge is -2.14. The van der Waals surface area contributed by atoms with Crippen molar-refractivity contribution in [3.63, 3.8) is 0 Å². The van der Waals surface area contributed by atoms with Gasteiger partial charge in [0, 0.05) is 33.0 Å². The summed E-state index contributed by atoms with van der Waals surface area (Å²) < 4.78 is 15.2. The molecule has 1 aromatic rings. The molecule has 0 amide bonds. The van der Waals surface area contributed by atoms with E-state index in [1.807, 2.05) is 0 Å². The Hall–Kier alpha value is -1.40. The Morgan fingerprint density at radius 2 is 2.19 bits per heavy atom. The van der Waals surface area contributed by atoms with Gasteiger partial charge in [-0.15, -0.1) is 0 Å². The van der Waals surface area contributed by atoms with E-state index in [1.54, 1.807) is 33.6 Å². The standard InChI is InChI=1S/C10H17N3O3/c1-14-7-8(15-2)6-12-10-11-5-4-9(13-10)16-3/h4-5,8H,6-7H2,1-3H3,(H,11,12,13).